The van der Waals surface area contributed by atoms with Gasteiger partial charge < -0.3 is 15.0 Å². The molecule has 5 nitrogen and oxygen atoms in total. The standard InChI is InChI=1S/C24H23N3O2/c1-17-7-6-9-19(15-17)29-16-24(28)27-20-10-3-2-8-18(20)13-14-23-25-21-11-4-5-12-22(21)26-23/h2-12,15H,13-14,16H2,1H3,(H,25,26)(H,27,28). The Kier molecular flexibility index (Phi) is 5.56. The van der Waals surface area contributed by atoms with Gasteiger partial charge in [-0.2, -0.15) is 0 Å². The Hall–Kier alpha value is -3.60. The molecule has 0 aliphatic carbocycles. The van der Waals surface area contributed by atoms with Crippen molar-refractivity contribution >= 4 is 22.6 Å². The second-order valence-electron chi connectivity index (χ2n) is 7.01. The van der Waals surface area contributed by atoms with Crippen molar-refractivity contribution in [3.05, 3.63) is 89.7 Å². The fourth-order valence-corrected chi connectivity index (χ4v) is 3.28. The first kappa shape index (κ1) is 18.7. The molecule has 0 atom stereocenters. The van der Waals surface area contributed by atoms with E-state index in [1.165, 1.54) is 0 Å². The molecule has 29 heavy (non-hydrogen) atoms. The predicted molar refractivity (Wildman–Crippen MR) is 115 cm³/mol. The summed E-state index contributed by atoms with van der Waals surface area (Å²) in [6, 6.07) is 23.5. The number of ether oxygens (including phenoxy) is 1. The van der Waals surface area contributed by atoms with E-state index in [2.05, 4.69) is 15.3 Å². The Morgan fingerprint density at radius 1 is 1.00 bits per heavy atom. The zero-order valence-electron chi connectivity index (χ0n) is 16.3. The molecule has 1 aromatic heterocycles. The quantitative estimate of drug-likeness (QED) is 0.486. The number of imidazole rings is 1. The molecule has 5 heteroatoms. The first-order chi connectivity index (χ1) is 14.2. The zero-order valence-corrected chi connectivity index (χ0v) is 16.3. The van der Waals surface area contributed by atoms with E-state index in [0.29, 0.717) is 5.75 Å². The second kappa shape index (κ2) is 8.61. The summed E-state index contributed by atoms with van der Waals surface area (Å²) in [5.41, 5.74) is 4.98. The molecule has 0 radical (unpaired) electrons. The summed E-state index contributed by atoms with van der Waals surface area (Å²) in [6.07, 6.45) is 1.54. The highest BCUT2D eigenvalue weighted by Gasteiger charge is 2.09. The van der Waals surface area contributed by atoms with Crippen LogP contribution < -0.4 is 10.1 Å². The molecular weight excluding hydrogens is 362 g/mol. The largest absolute Gasteiger partial charge is 0.484 e. The molecule has 146 valence electrons. The Labute approximate surface area is 169 Å². The van der Waals surface area contributed by atoms with Crippen LogP contribution in [-0.4, -0.2) is 22.5 Å². The van der Waals surface area contributed by atoms with E-state index >= 15 is 0 Å². The summed E-state index contributed by atoms with van der Waals surface area (Å²) in [7, 11) is 0. The van der Waals surface area contributed by atoms with Crippen LogP contribution in [-0.2, 0) is 17.6 Å². The van der Waals surface area contributed by atoms with E-state index in [9.17, 15) is 4.79 Å². The Balaban J connectivity index is 1.37. The maximum absolute atomic E-state index is 12.4. The molecular formula is C24H23N3O2. The third kappa shape index (κ3) is 4.82. The van der Waals surface area contributed by atoms with Gasteiger partial charge in [0, 0.05) is 12.1 Å². The number of hydrogen-bond donors (Lipinski definition) is 2. The van der Waals surface area contributed by atoms with Crippen molar-refractivity contribution in [3.8, 4) is 5.75 Å². The monoisotopic (exact) mass is 385 g/mol. The number of fused-ring (bicyclic) bond motifs is 1. The number of aryl methyl sites for hydroxylation is 3. The summed E-state index contributed by atoms with van der Waals surface area (Å²) >= 11 is 0. The van der Waals surface area contributed by atoms with Crippen LogP contribution in [0.3, 0.4) is 0 Å². The van der Waals surface area contributed by atoms with Crippen molar-refractivity contribution < 1.29 is 9.53 Å². The predicted octanol–water partition coefficient (Wildman–Crippen LogP) is 4.67. The second-order valence-corrected chi connectivity index (χ2v) is 7.01. The number of carbonyl (C=O) groups is 1. The van der Waals surface area contributed by atoms with Crippen molar-refractivity contribution in [2.24, 2.45) is 0 Å². The lowest BCUT2D eigenvalue weighted by atomic mass is 10.1. The zero-order chi connectivity index (χ0) is 20.1. The molecule has 1 heterocycles. The highest BCUT2D eigenvalue weighted by molar-refractivity contribution is 5.92. The minimum Gasteiger partial charge on any atom is -0.484 e. The van der Waals surface area contributed by atoms with Crippen LogP contribution in [0.25, 0.3) is 11.0 Å². The SMILES string of the molecule is Cc1cccc(OCC(=O)Nc2ccccc2CCc2nc3ccccc3[nH]2)c1. The van der Waals surface area contributed by atoms with Gasteiger partial charge in [0.1, 0.15) is 11.6 Å². The van der Waals surface area contributed by atoms with Crippen LogP contribution in [0.5, 0.6) is 5.75 Å². The van der Waals surface area contributed by atoms with Gasteiger partial charge in [-0.25, -0.2) is 4.98 Å². The number of benzene rings is 3. The van der Waals surface area contributed by atoms with E-state index in [1.54, 1.807) is 0 Å². The van der Waals surface area contributed by atoms with Crippen molar-refractivity contribution in [3.63, 3.8) is 0 Å². The van der Waals surface area contributed by atoms with Gasteiger partial charge in [0.15, 0.2) is 6.61 Å². The Morgan fingerprint density at radius 3 is 2.69 bits per heavy atom. The number of H-pyrrole nitrogens is 1. The summed E-state index contributed by atoms with van der Waals surface area (Å²) in [6.45, 7) is 1.96. The number of amides is 1. The van der Waals surface area contributed by atoms with E-state index in [-0.39, 0.29) is 12.5 Å². The number of anilines is 1. The topological polar surface area (TPSA) is 67.0 Å². The molecule has 0 aliphatic rings. The summed E-state index contributed by atoms with van der Waals surface area (Å²) in [4.78, 5) is 20.3. The van der Waals surface area contributed by atoms with E-state index < -0.39 is 0 Å². The lowest BCUT2D eigenvalue weighted by molar-refractivity contribution is -0.118. The number of rotatable bonds is 7. The minimum absolute atomic E-state index is 0.0264. The molecule has 4 aromatic rings. The van der Waals surface area contributed by atoms with Gasteiger partial charge in [-0.05, 0) is 54.8 Å². The fraction of sp³-hybridized carbons (Fsp3) is 0.167. The molecule has 0 unspecified atom stereocenters. The van der Waals surface area contributed by atoms with Crippen molar-refractivity contribution in [2.45, 2.75) is 19.8 Å². The molecule has 3 aromatic carbocycles. The van der Waals surface area contributed by atoms with Crippen LogP contribution in [0.2, 0.25) is 0 Å². The van der Waals surface area contributed by atoms with Gasteiger partial charge in [-0.15, -0.1) is 0 Å². The minimum atomic E-state index is -0.178. The molecule has 2 N–H and O–H groups in total. The van der Waals surface area contributed by atoms with Crippen molar-refractivity contribution in [1.82, 2.24) is 9.97 Å². The molecule has 0 aliphatic heterocycles. The summed E-state index contributed by atoms with van der Waals surface area (Å²) in [5.74, 6) is 1.45. The molecule has 0 bridgehead atoms. The van der Waals surface area contributed by atoms with Gasteiger partial charge in [-0.3, -0.25) is 4.79 Å². The molecule has 0 fully saturated rings. The van der Waals surface area contributed by atoms with Gasteiger partial charge in [0.2, 0.25) is 0 Å². The highest BCUT2D eigenvalue weighted by atomic mass is 16.5. The van der Waals surface area contributed by atoms with Crippen LogP contribution in [0.4, 0.5) is 5.69 Å². The van der Waals surface area contributed by atoms with Crippen molar-refractivity contribution in [2.75, 3.05) is 11.9 Å². The normalized spacial score (nSPS) is 10.8. The number of aromatic nitrogens is 2. The number of para-hydroxylation sites is 3. The molecule has 0 saturated heterocycles. The molecule has 1 amide bonds. The average molecular weight is 385 g/mol. The number of hydrogen-bond acceptors (Lipinski definition) is 3. The fourth-order valence-electron chi connectivity index (χ4n) is 3.28. The third-order valence-corrected chi connectivity index (χ3v) is 4.72. The number of aromatic amines is 1. The van der Waals surface area contributed by atoms with E-state index in [1.807, 2.05) is 79.7 Å². The summed E-state index contributed by atoms with van der Waals surface area (Å²) in [5, 5.41) is 2.96. The lowest BCUT2D eigenvalue weighted by Gasteiger charge is -2.11. The van der Waals surface area contributed by atoms with E-state index in [0.717, 1.165) is 46.5 Å². The Morgan fingerprint density at radius 2 is 1.83 bits per heavy atom. The van der Waals surface area contributed by atoms with Gasteiger partial charge >= 0.3 is 0 Å². The molecule has 0 spiro atoms. The van der Waals surface area contributed by atoms with Gasteiger partial charge in [0.25, 0.3) is 5.91 Å². The van der Waals surface area contributed by atoms with Crippen LogP contribution in [0, 0.1) is 6.92 Å². The average Bonchev–Trinajstić information content (AvgIpc) is 3.15. The maximum atomic E-state index is 12.4. The lowest BCUT2D eigenvalue weighted by Crippen LogP contribution is -2.21. The van der Waals surface area contributed by atoms with Gasteiger partial charge in [0.05, 0.1) is 11.0 Å². The number of nitrogens with one attached hydrogen (secondary N) is 2. The number of carbonyl (C=O) groups excluding carboxylic acids is 1. The van der Waals surface area contributed by atoms with Gasteiger partial charge in [-0.1, -0.05) is 42.5 Å². The van der Waals surface area contributed by atoms with Crippen LogP contribution in [0.15, 0.2) is 72.8 Å². The molecule has 4 rings (SSSR count). The first-order valence-electron chi connectivity index (χ1n) is 9.68. The summed E-state index contributed by atoms with van der Waals surface area (Å²) < 4.78 is 5.60. The highest BCUT2D eigenvalue weighted by Crippen LogP contribution is 2.19. The van der Waals surface area contributed by atoms with Crippen molar-refractivity contribution in [1.29, 1.82) is 0 Å². The van der Waals surface area contributed by atoms with E-state index in [4.69, 9.17) is 4.74 Å². The number of nitrogens with zero attached hydrogens (tertiary/aromatic N) is 1. The smallest absolute Gasteiger partial charge is 0.262 e. The van der Waals surface area contributed by atoms with Crippen LogP contribution in [0.1, 0.15) is 17.0 Å². The Bertz CT molecular complexity index is 1100. The van der Waals surface area contributed by atoms with Crippen LogP contribution >= 0.6 is 0 Å². The third-order valence-electron chi connectivity index (χ3n) is 4.72. The maximum Gasteiger partial charge on any atom is 0.262 e. The molecule has 0 saturated carbocycles. The first-order valence-corrected chi connectivity index (χ1v) is 9.68.